The molecule has 0 spiro atoms. The molecule has 2 unspecified atom stereocenters. The maximum Gasteiger partial charge on any atom is 0.253 e. The Hall–Kier alpha value is -3.31. The van der Waals surface area contributed by atoms with Crippen molar-refractivity contribution in [2.75, 3.05) is 57.8 Å². The summed E-state index contributed by atoms with van der Waals surface area (Å²) >= 11 is 0. The molecule has 0 radical (unpaired) electrons. The number of likely N-dealkylation sites (tertiary alicyclic amines) is 1. The summed E-state index contributed by atoms with van der Waals surface area (Å²) in [6, 6.07) is 28.6. The average molecular weight is 456 g/mol. The van der Waals surface area contributed by atoms with Crippen LogP contribution in [0.1, 0.15) is 21.8 Å². The summed E-state index contributed by atoms with van der Waals surface area (Å²) in [7, 11) is 1.73. The van der Waals surface area contributed by atoms with E-state index in [1.165, 1.54) is 11.3 Å². The largest absolute Gasteiger partial charge is 0.496 e. The lowest BCUT2D eigenvalue weighted by molar-refractivity contribution is 0.0782. The third-order valence-electron chi connectivity index (χ3n) is 7.27. The van der Waals surface area contributed by atoms with Crippen LogP contribution in [-0.4, -0.2) is 68.6 Å². The lowest BCUT2D eigenvalue weighted by Crippen LogP contribution is -2.48. The van der Waals surface area contributed by atoms with Gasteiger partial charge in [-0.3, -0.25) is 9.69 Å². The Balaban J connectivity index is 1.31. The van der Waals surface area contributed by atoms with Gasteiger partial charge in [-0.25, -0.2) is 0 Å². The van der Waals surface area contributed by atoms with Crippen LogP contribution in [0.4, 0.5) is 5.69 Å². The molecular weight excluding hydrogens is 422 g/mol. The average Bonchev–Trinajstić information content (AvgIpc) is 3.33. The Morgan fingerprint density at radius 2 is 1.47 bits per heavy atom. The van der Waals surface area contributed by atoms with Crippen molar-refractivity contribution >= 4 is 11.6 Å². The second-order valence-corrected chi connectivity index (χ2v) is 9.31. The highest BCUT2D eigenvalue weighted by molar-refractivity contribution is 5.94. The van der Waals surface area contributed by atoms with Gasteiger partial charge < -0.3 is 14.5 Å². The number of nitrogens with zero attached hydrogens (tertiary/aromatic N) is 3. The normalized spacial score (nSPS) is 21.0. The fourth-order valence-electron chi connectivity index (χ4n) is 5.47. The molecule has 2 saturated heterocycles. The number of ether oxygens (including phenoxy) is 1. The third kappa shape index (κ3) is 4.80. The minimum atomic E-state index is 0.122. The molecule has 0 aromatic heterocycles. The summed E-state index contributed by atoms with van der Waals surface area (Å²) < 4.78 is 5.72. The number of para-hydroxylation sites is 2. The molecule has 3 aromatic rings. The topological polar surface area (TPSA) is 36.0 Å². The minimum absolute atomic E-state index is 0.122. The van der Waals surface area contributed by atoms with Crippen LogP contribution in [0.25, 0.3) is 0 Å². The summed E-state index contributed by atoms with van der Waals surface area (Å²) in [5.74, 6) is 1.67. The van der Waals surface area contributed by atoms with Gasteiger partial charge in [0.1, 0.15) is 5.75 Å². The second-order valence-electron chi connectivity index (χ2n) is 9.31. The van der Waals surface area contributed by atoms with Crippen molar-refractivity contribution in [3.8, 4) is 5.75 Å². The zero-order valence-corrected chi connectivity index (χ0v) is 19.8. The van der Waals surface area contributed by atoms with Gasteiger partial charge >= 0.3 is 0 Å². The van der Waals surface area contributed by atoms with E-state index in [9.17, 15) is 4.79 Å². The fraction of sp³-hybridized carbons (Fsp3) is 0.345. The molecule has 0 bridgehead atoms. The molecule has 2 heterocycles. The van der Waals surface area contributed by atoms with Crippen LogP contribution >= 0.6 is 0 Å². The lowest BCUT2D eigenvalue weighted by Gasteiger charge is -2.38. The van der Waals surface area contributed by atoms with E-state index < -0.39 is 0 Å². The molecule has 0 aliphatic carbocycles. The van der Waals surface area contributed by atoms with Crippen LogP contribution in [0, 0.1) is 5.92 Å². The molecular formula is C29H33N3O2. The highest BCUT2D eigenvalue weighted by Gasteiger charge is 2.38. The molecule has 1 amide bonds. The second kappa shape index (κ2) is 10.3. The summed E-state index contributed by atoms with van der Waals surface area (Å²) in [6.45, 7) is 6.63. The molecule has 5 rings (SSSR count). The summed E-state index contributed by atoms with van der Waals surface area (Å²) in [4.78, 5) is 20.4. The van der Waals surface area contributed by atoms with Crippen LogP contribution < -0.4 is 9.64 Å². The summed E-state index contributed by atoms with van der Waals surface area (Å²) in [6.07, 6.45) is 0. The number of benzene rings is 3. The monoisotopic (exact) mass is 455 g/mol. The van der Waals surface area contributed by atoms with Gasteiger partial charge in [0, 0.05) is 63.0 Å². The summed E-state index contributed by atoms with van der Waals surface area (Å²) in [5.41, 5.74) is 3.27. The lowest BCUT2D eigenvalue weighted by atomic mass is 9.87. The Morgan fingerprint density at radius 1 is 0.824 bits per heavy atom. The number of carbonyl (C=O) groups excluding carboxylic acids is 1. The molecule has 5 heteroatoms. The number of anilines is 1. The smallest absolute Gasteiger partial charge is 0.253 e. The molecule has 2 atom stereocenters. The zero-order valence-electron chi connectivity index (χ0n) is 19.8. The minimum Gasteiger partial charge on any atom is -0.496 e. The van der Waals surface area contributed by atoms with E-state index in [0.29, 0.717) is 5.92 Å². The van der Waals surface area contributed by atoms with Gasteiger partial charge in [0.25, 0.3) is 5.91 Å². The van der Waals surface area contributed by atoms with Crippen molar-refractivity contribution in [3.63, 3.8) is 0 Å². The van der Waals surface area contributed by atoms with Crippen LogP contribution in [0.5, 0.6) is 5.75 Å². The van der Waals surface area contributed by atoms with Gasteiger partial charge in [-0.1, -0.05) is 54.6 Å². The molecule has 176 valence electrons. The van der Waals surface area contributed by atoms with E-state index in [1.807, 2.05) is 47.4 Å². The van der Waals surface area contributed by atoms with E-state index in [-0.39, 0.29) is 11.8 Å². The van der Waals surface area contributed by atoms with E-state index in [0.717, 1.165) is 57.1 Å². The van der Waals surface area contributed by atoms with Crippen molar-refractivity contribution in [1.82, 2.24) is 9.80 Å². The number of carbonyl (C=O) groups is 1. The maximum absolute atomic E-state index is 13.3. The van der Waals surface area contributed by atoms with Gasteiger partial charge in [0.2, 0.25) is 0 Å². The maximum atomic E-state index is 13.3. The van der Waals surface area contributed by atoms with Crippen LogP contribution in [0.3, 0.4) is 0 Å². The molecule has 2 aliphatic rings. The molecule has 2 aliphatic heterocycles. The summed E-state index contributed by atoms with van der Waals surface area (Å²) in [5, 5.41) is 0. The van der Waals surface area contributed by atoms with Gasteiger partial charge in [0.05, 0.1) is 7.11 Å². The number of hydrogen-bond acceptors (Lipinski definition) is 4. The number of rotatable bonds is 6. The first-order valence-corrected chi connectivity index (χ1v) is 12.2. The third-order valence-corrected chi connectivity index (χ3v) is 7.27. The predicted molar refractivity (Wildman–Crippen MR) is 137 cm³/mol. The van der Waals surface area contributed by atoms with Crippen molar-refractivity contribution in [2.24, 2.45) is 5.92 Å². The molecule has 5 nitrogen and oxygen atoms in total. The quantitative estimate of drug-likeness (QED) is 0.553. The van der Waals surface area contributed by atoms with E-state index in [1.54, 1.807) is 7.11 Å². The molecule has 3 aromatic carbocycles. The first-order chi connectivity index (χ1) is 16.7. The van der Waals surface area contributed by atoms with E-state index in [2.05, 4.69) is 52.3 Å². The van der Waals surface area contributed by atoms with Gasteiger partial charge in [-0.15, -0.1) is 0 Å². The molecule has 0 N–H and O–H groups in total. The zero-order chi connectivity index (χ0) is 23.3. The standard InChI is InChI=1S/C29H33N3O2/c1-34-28-15-9-8-14-26(28)27-22-32(29(33)23-10-4-2-5-11-23)21-24(27)20-30-16-18-31(19-17-30)25-12-6-3-7-13-25/h2-15,24,27H,16-22H2,1H3. The molecule has 2 fully saturated rings. The molecule has 0 saturated carbocycles. The number of hydrogen-bond donors (Lipinski definition) is 0. The van der Waals surface area contributed by atoms with Crippen molar-refractivity contribution in [1.29, 1.82) is 0 Å². The number of amides is 1. The van der Waals surface area contributed by atoms with E-state index in [4.69, 9.17) is 4.74 Å². The van der Waals surface area contributed by atoms with Crippen LogP contribution in [0.15, 0.2) is 84.9 Å². The van der Waals surface area contributed by atoms with Crippen molar-refractivity contribution in [2.45, 2.75) is 5.92 Å². The van der Waals surface area contributed by atoms with Crippen LogP contribution in [0.2, 0.25) is 0 Å². The van der Waals surface area contributed by atoms with Crippen LogP contribution in [-0.2, 0) is 0 Å². The van der Waals surface area contributed by atoms with E-state index >= 15 is 0 Å². The Labute approximate surface area is 202 Å². The van der Waals surface area contributed by atoms with Crippen molar-refractivity contribution in [3.05, 3.63) is 96.1 Å². The Bertz CT molecular complexity index is 1080. The van der Waals surface area contributed by atoms with Crippen molar-refractivity contribution < 1.29 is 9.53 Å². The first-order valence-electron chi connectivity index (χ1n) is 12.2. The highest BCUT2D eigenvalue weighted by atomic mass is 16.5. The number of methoxy groups -OCH3 is 1. The fourth-order valence-corrected chi connectivity index (χ4v) is 5.47. The van der Waals surface area contributed by atoms with Gasteiger partial charge in [-0.2, -0.15) is 0 Å². The number of piperazine rings is 1. The Kier molecular flexibility index (Phi) is 6.82. The molecule has 34 heavy (non-hydrogen) atoms. The first kappa shape index (κ1) is 22.5. The van der Waals surface area contributed by atoms with Gasteiger partial charge in [0.15, 0.2) is 0 Å². The SMILES string of the molecule is COc1ccccc1C1CN(C(=O)c2ccccc2)CC1CN1CCN(c2ccccc2)CC1. The van der Waals surface area contributed by atoms with Gasteiger partial charge in [-0.05, 0) is 41.8 Å². The highest BCUT2D eigenvalue weighted by Crippen LogP contribution is 2.38. The Morgan fingerprint density at radius 3 is 2.18 bits per heavy atom. The predicted octanol–water partition coefficient (Wildman–Crippen LogP) is 4.37.